The number of hydrogen-bond acceptors (Lipinski definition) is 2. The van der Waals surface area contributed by atoms with Gasteiger partial charge < -0.3 is 10.6 Å². The van der Waals surface area contributed by atoms with Crippen LogP contribution >= 0.6 is 12.2 Å². The molecule has 2 rings (SSSR count). The molecule has 0 saturated heterocycles. The van der Waals surface area contributed by atoms with Crippen molar-refractivity contribution >= 4 is 17.2 Å². The third-order valence-electron chi connectivity index (χ3n) is 5.45. The second kappa shape index (κ2) is 10.1. The van der Waals surface area contributed by atoms with Crippen LogP contribution in [0, 0.1) is 11.8 Å². The standard InChI is InChI=1S/C21H34N2S/c1-17-10-12-18(13-11-17)7-4-3-5-14-23(2)16-19-8-6-9-20(15-19)21(22)24/h6,8-9,15,17-18H,3-5,7,10-14,16H2,1-2H3,(H2,22,24). The fraction of sp³-hybridized carbons (Fsp3) is 0.667. The average molecular weight is 347 g/mol. The van der Waals surface area contributed by atoms with Crippen molar-refractivity contribution in [3.63, 3.8) is 0 Å². The largest absolute Gasteiger partial charge is 0.389 e. The lowest BCUT2D eigenvalue weighted by atomic mass is 9.80. The van der Waals surface area contributed by atoms with Gasteiger partial charge >= 0.3 is 0 Å². The van der Waals surface area contributed by atoms with Crippen LogP contribution in [0.4, 0.5) is 0 Å². The Labute approximate surface area is 153 Å². The number of benzene rings is 1. The molecule has 0 atom stereocenters. The van der Waals surface area contributed by atoms with Gasteiger partial charge in [-0.25, -0.2) is 0 Å². The molecule has 2 nitrogen and oxygen atoms in total. The van der Waals surface area contributed by atoms with Gasteiger partial charge in [0, 0.05) is 12.1 Å². The molecule has 1 aliphatic carbocycles. The molecule has 1 aliphatic rings. The maximum Gasteiger partial charge on any atom is 0.103 e. The second-order valence-corrected chi connectivity index (χ2v) is 8.22. The molecule has 0 amide bonds. The minimum atomic E-state index is 0.483. The van der Waals surface area contributed by atoms with E-state index in [1.807, 2.05) is 12.1 Å². The van der Waals surface area contributed by atoms with Gasteiger partial charge in [0.05, 0.1) is 0 Å². The number of thiocarbonyl (C=S) groups is 1. The third-order valence-corrected chi connectivity index (χ3v) is 5.69. The first-order valence-electron chi connectivity index (χ1n) is 9.62. The third kappa shape index (κ3) is 6.90. The van der Waals surface area contributed by atoms with Crippen LogP contribution in [0.25, 0.3) is 0 Å². The molecule has 24 heavy (non-hydrogen) atoms. The van der Waals surface area contributed by atoms with Crippen LogP contribution in [0.2, 0.25) is 0 Å². The van der Waals surface area contributed by atoms with E-state index in [9.17, 15) is 0 Å². The lowest BCUT2D eigenvalue weighted by Gasteiger charge is -2.26. The number of rotatable bonds is 9. The monoisotopic (exact) mass is 346 g/mol. The molecule has 0 aliphatic heterocycles. The van der Waals surface area contributed by atoms with Crippen molar-refractivity contribution in [1.29, 1.82) is 0 Å². The fourth-order valence-corrected chi connectivity index (χ4v) is 3.95. The average Bonchev–Trinajstić information content (AvgIpc) is 2.56. The van der Waals surface area contributed by atoms with Gasteiger partial charge in [0.2, 0.25) is 0 Å². The smallest absolute Gasteiger partial charge is 0.103 e. The Hall–Kier alpha value is -0.930. The highest BCUT2D eigenvalue weighted by Gasteiger charge is 2.17. The van der Waals surface area contributed by atoms with Crippen LogP contribution in [0.15, 0.2) is 24.3 Å². The van der Waals surface area contributed by atoms with Gasteiger partial charge in [-0.2, -0.15) is 0 Å². The van der Waals surface area contributed by atoms with E-state index in [4.69, 9.17) is 18.0 Å². The SMILES string of the molecule is CC1CCC(CCCCCN(C)Cc2cccc(C(N)=S)c2)CC1. The quantitative estimate of drug-likeness (QED) is 0.496. The molecule has 0 bridgehead atoms. The molecule has 1 saturated carbocycles. The molecule has 0 heterocycles. The fourth-order valence-electron chi connectivity index (χ4n) is 3.82. The molecule has 134 valence electrons. The molecule has 0 radical (unpaired) electrons. The molecule has 2 N–H and O–H groups in total. The maximum atomic E-state index is 5.71. The zero-order valence-electron chi connectivity index (χ0n) is 15.5. The van der Waals surface area contributed by atoms with Crippen LogP contribution < -0.4 is 5.73 Å². The van der Waals surface area contributed by atoms with Crippen LogP contribution in [-0.2, 0) is 6.54 Å². The van der Waals surface area contributed by atoms with Crippen molar-refractivity contribution in [3.8, 4) is 0 Å². The summed E-state index contributed by atoms with van der Waals surface area (Å²) in [6.07, 6.45) is 11.4. The highest BCUT2D eigenvalue weighted by Crippen LogP contribution is 2.31. The predicted octanol–water partition coefficient (Wildman–Crippen LogP) is 5.14. The molecule has 1 fully saturated rings. The highest BCUT2D eigenvalue weighted by molar-refractivity contribution is 7.80. The Balaban J connectivity index is 1.59. The van der Waals surface area contributed by atoms with Crippen molar-refractivity contribution < 1.29 is 0 Å². The van der Waals surface area contributed by atoms with Crippen molar-refractivity contribution in [2.24, 2.45) is 17.6 Å². The van der Waals surface area contributed by atoms with E-state index < -0.39 is 0 Å². The summed E-state index contributed by atoms with van der Waals surface area (Å²) in [6.45, 7) is 4.54. The summed E-state index contributed by atoms with van der Waals surface area (Å²) in [7, 11) is 2.20. The Morgan fingerprint density at radius 1 is 1.17 bits per heavy atom. The van der Waals surface area contributed by atoms with Crippen molar-refractivity contribution in [2.45, 2.75) is 64.8 Å². The summed E-state index contributed by atoms with van der Waals surface area (Å²) in [6, 6.07) is 8.30. The summed E-state index contributed by atoms with van der Waals surface area (Å²) in [4.78, 5) is 2.89. The lowest BCUT2D eigenvalue weighted by molar-refractivity contribution is 0.267. The van der Waals surface area contributed by atoms with Crippen LogP contribution in [0.1, 0.15) is 69.4 Å². The summed E-state index contributed by atoms with van der Waals surface area (Å²) < 4.78 is 0. The minimum Gasteiger partial charge on any atom is -0.389 e. The van der Waals surface area contributed by atoms with Gasteiger partial charge in [0.1, 0.15) is 4.99 Å². The van der Waals surface area contributed by atoms with E-state index in [1.165, 1.54) is 63.5 Å². The molecule has 1 aromatic rings. The van der Waals surface area contributed by atoms with Gasteiger partial charge in [-0.1, -0.05) is 82.3 Å². The van der Waals surface area contributed by atoms with Crippen molar-refractivity contribution in [2.75, 3.05) is 13.6 Å². The molecule has 0 aromatic heterocycles. The van der Waals surface area contributed by atoms with E-state index in [0.717, 1.165) is 23.9 Å². The zero-order chi connectivity index (χ0) is 17.4. The first-order valence-corrected chi connectivity index (χ1v) is 10.0. The van der Waals surface area contributed by atoms with Gasteiger partial charge in [-0.3, -0.25) is 0 Å². The highest BCUT2D eigenvalue weighted by atomic mass is 32.1. The zero-order valence-corrected chi connectivity index (χ0v) is 16.3. The van der Waals surface area contributed by atoms with E-state index >= 15 is 0 Å². The summed E-state index contributed by atoms with van der Waals surface area (Å²) in [5, 5.41) is 0. The van der Waals surface area contributed by atoms with Crippen molar-refractivity contribution in [1.82, 2.24) is 4.90 Å². The van der Waals surface area contributed by atoms with Gasteiger partial charge in [0.25, 0.3) is 0 Å². The number of hydrogen-bond donors (Lipinski definition) is 1. The van der Waals surface area contributed by atoms with Gasteiger partial charge in [0.15, 0.2) is 0 Å². The molecule has 3 heteroatoms. The Kier molecular flexibility index (Phi) is 8.20. The van der Waals surface area contributed by atoms with Crippen LogP contribution in [0.3, 0.4) is 0 Å². The van der Waals surface area contributed by atoms with Crippen molar-refractivity contribution in [3.05, 3.63) is 35.4 Å². The van der Waals surface area contributed by atoms with Gasteiger partial charge in [-0.05, 0) is 43.5 Å². The first-order chi connectivity index (χ1) is 11.5. The lowest BCUT2D eigenvalue weighted by Crippen LogP contribution is -2.19. The van der Waals surface area contributed by atoms with E-state index in [2.05, 4.69) is 31.0 Å². The van der Waals surface area contributed by atoms with Crippen LogP contribution in [0.5, 0.6) is 0 Å². The molecule has 0 unspecified atom stereocenters. The second-order valence-electron chi connectivity index (χ2n) is 7.78. The molecule has 0 spiro atoms. The minimum absolute atomic E-state index is 0.483. The van der Waals surface area contributed by atoms with Gasteiger partial charge in [-0.15, -0.1) is 0 Å². The maximum absolute atomic E-state index is 5.71. The van der Waals surface area contributed by atoms with E-state index in [-0.39, 0.29) is 0 Å². The number of unbranched alkanes of at least 4 members (excludes halogenated alkanes) is 2. The molecular weight excluding hydrogens is 312 g/mol. The first kappa shape index (κ1) is 19.4. The summed E-state index contributed by atoms with van der Waals surface area (Å²) in [5.74, 6) is 1.99. The predicted molar refractivity (Wildman–Crippen MR) is 108 cm³/mol. The van der Waals surface area contributed by atoms with E-state index in [0.29, 0.717) is 4.99 Å². The summed E-state index contributed by atoms with van der Waals surface area (Å²) >= 11 is 5.06. The Bertz CT molecular complexity index is 506. The topological polar surface area (TPSA) is 29.3 Å². The van der Waals surface area contributed by atoms with Crippen LogP contribution in [-0.4, -0.2) is 23.5 Å². The summed E-state index contributed by atoms with van der Waals surface area (Å²) in [5.41, 5.74) is 7.97. The normalized spacial score (nSPS) is 21.1. The molecule has 1 aromatic carbocycles. The van der Waals surface area contributed by atoms with E-state index in [1.54, 1.807) is 0 Å². The molecular formula is C21H34N2S. The Morgan fingerprint density at radius 2 is 1.92 bits per heavy atom. The number of nitrogens with zero attached hydrogens (tertiary/aromatic N) is 1. The number of nitrogens with two attached hydrogens (primary N) is 1. The Morgan fingerprint density at radius 3 is 2.62 bits per heavy atom.